The summed E-state index contributed by atoms with van der Waals surface area (Å²) < 4.78 is 55.5. The van der Waals surface area contributed by atoms with Crippen LogP contribution in [0.5, 0.6) is 0 Å². The van der Waals surface area contributed by atoms with Crippen LogP contribution in [0.15, 0.2) is 41.3 Å². The van der Waals surface area contributed by atoms with Gasteiger partial charge in [0.1, 0.15) is 11.0 Å². The molecule has 3 aromatic rings. The lowest BCUT2D eigenvalue weighted by molar-refractivity contribution is -0.137. The van der Waals surface area contributed by atoms with Gasteiger partial charge in [-0.3, -0.25) is 4.79 Å². The first-order valence-electron chi connectivity index (χ1n) is 8.34. The fourth-order valence-electron chi connectivity index (χ4n) is 2.57. The molecule has 0 saturated heterocycles. The molecular formula is C18H16F3N3O3S2. The number of rotatable bonds is 6. The lowest BCUT2D eigenvalue weighted by Gasteiger charge is -2.13. The molecule has 1 unspecified atom stereocenters. The lowest BCUT2D eigenvalue weighted by Crippen LogP contribution is -2.21. The zero-order valence-corrected chi connectivity index (χ0v) is 16.7. The van der Waals surface area contributed by atoms with Crippen molar-refractivity contribution >= 4 is 43.6 Å². The van der Waals surface area contributed by atoms with Crippen molar-refractivity contribution in [2.24, 2.45) is 0 Å². The van der Waals surface area contributed by atoms with Crippen LogP contribution in [-0.4, -0.2) is 33.4 Å². The van der Waals surface area contributed by atoms with E-state index in [4.69, 9.17) is 5.11 Å². The van der Waals surface area contributed by atoms with E-state index in [-0.39, 0.29) is 29.5 Å². The third-order valence-electron chi connectivity index (χ3n) is 3.80. The van der Waals surface area contributed by atoms with Gasteiger partial charge in [0.15, 0.2) is 5.13 Å². The van der Waals surface area contributed by atoms with Gasteiger partial charge in [0.25, 0.3) is 0 Å². The maximum absolute atomic E-state index is 13.3. The molecule has 154 valence electrons. The first-order valence-corrected chi connectivity index (χ1v) is 10.3. The van der Waals surface area contributed by atoms with Crippen LogP contribution < -0.4 is 10.0 Å². The van der Waals surface area contributed by atoms with Crippen molar-refractivity contribution in [1.29, 1.82) is 0 Å². The van der Waals surface area contributed by atoms with Crippen molar-refractivity contribution in [2.45, 2.75) is 18.0 Å². The molecule has 1 amide bonds. The highest BCUT2D eigenvalue weighted by molar-refractivity contribution is 7.83. The summed E-state index contributed by atoms with van der Waals surface area (Å²) in [4.78, 5) is 15.4. The topological polar surface area (TPSA) is 91.3 Å². The zero-order chi connectivity index (χ0) is 21.2. The van der Waals surface area contributed by atoms with E-state index in [1.807, 2.05) is 0 Å². The minimum Gasteiger partial charge on any atom is -0.395 e. The molecular weight excluding hydrogens is 427 g/mol. The number of benzene rings is 2. The highest BCUT2D eigenvalue weighted by Gasteiger charge is 2.32. The summed E-state index contributed by atoms with van der Waals surface area (Å²) in [6.07, 6.45) is -4.61. The van der Waals surface area contributed by atoms with Gasteiger partial charge in [-0.25, -0.2) is 13.9 Å². The number of hydrogen-bond donors (Lipinski definition) is 3. The van der Waals surface area contributed by atoms with Crippen LogP contribution in [0, 0.1) is 0 Å². The SMILES string of the molecule is CC(=O)Nc1nc2ccc(-c3cc(S(=O)NCCO)cc(C(F)(F)F)c3)cc2s1. The molecule has 0 aliphatic rings. The molecule has 0 bridgehead atoms. The molecule has 0 aliphatic heterocycles. The number of nitrogens with zero attached hydrogens (tertiary/aromatic N) is 1. The van der Waals surface area contributed by atoms with Gasteiger partial charge in [-0.1, -0.05) is 17.4 Å². The number of aliphatic hydroxyl groups is 1. The number of halogens is 3. The predicted octanol–water partition coefficient (Wildman–Crippen LogP) is 3.55. The van der Waals surface area contributed by atoms with Gasteiger partial charge < -0.3 is 10.4 Å². The number of alkyl halides is 3. The number of carbonyl (C=O) groups excluding carboxylic acids is 1. The Morgan fingerprint density at radius 1 is 1.21 bits per heavy atom. The number of aliphatic hydroxyl groups excluding tert-OH is 1. The van der Waals surface area contributed by atoms with Crippen molar-refractivity contribution in [1.82, 2.24) is 9.71 Å². The number of thiazole rings is 1. The Labute approximate surface area is 170 Å². The molecule has 1 heterocycles. The van der Waals surface area contributed by atoms with E-state index in [0.717, 1.165) is 12.1 Å². The van der Waals surface area contributed by atoms with Gasteiger partial charge in [0, 0.05) is 13.5 Å². The van der Waals surface area contributed by atoms with E-state index in [2.05, 4.69) is 15.0 Å². The summed E-state index contributed by atoms with van der Waals surface area (Å²) in [6.45, 7) is 1.04. The Balaban J connectivity index is 2.06. The third kappa shape index (κ3) is 5.18. The number of anilines is 1. The molecule has 0 fully saturated rings. The van der Waals surface area contributed by atoms with Crippen LogP contribution in [0.4, 0.5) is 18.3 Å². The molecule has 3 rings (SSSR count). The number of nitrogens with one attached hydrogen (secondary N) is 2. The van der Waals surface area contributed by atoms with E-state index in [0.29, 0.717) is 20.9 Å². The highest BCUT2D eigenvalue weighted by Crippen LogP contribution is 2.36. The minimum absolute atomic E-state index is 0.0169. The summed E-state index contributed by atoms with van der Waals surface area (Å²) in [7, 11) is -1.91. The molecule has 0 saturated carbocycles. The first-order chi connectivity index (χ1) is 13.7. The number of aromatic nitrogens is 1. The van der Waals surface area contributed by atoms with Gasteiger partial charge in [0.05, 0.1) is 27.3 Å². The van der Waals surface area contributed by atoms with Crippen molar-refractivity contribution in [3.05, 3.63) is 42.0 Å². The van der Waals surface area contributed by atoms with Gasteiger partial charge in [-0.2, -0.15) is 13.2 Å². The summed E-state index contributed by atoms with van der Waals surface area (Å²) in [5.74, 6) is -0.273. The van der Waals surface area contributed by atoms with E-state index in [1.165, 1.54) is 24.3 Å². The van der Waals surface area contributed by atoms with E-state index in [1.54, 1.807) is 18.2 Å². The van der Waals surface area contributed by atoms with Gasteiger partial charge in [-0.05, 0) is 41.5 Å². The Kier molecular flexibility index (Phi) is 6.32. The molecule has 0 aliphatic carbocycles. The number of carbonyl (C=O) groups is 1. The van der Waals surface area contributed by atoms with Crippen LogP contribution in [0.25, 0.3) is 21.3 Å². The maximum Gasteiger partial charge on any atom is 0.416 e. The number of fused-ring (bicyclic) bond motifs is 1. The summed E-state index contributed by atoms with van der Waals surface area (Å²) >= 11 is 1.20. The summed E-state index contributed by atoms with van der Waals surface area (Å²) in [6, 6.07) is 8.15. The second-order valence-corrected chi connectivity index (χ2v) is 8.34. The van der Waals surface area contributed by atoms with Crippen molar-refractivity contribution in [3.63, 3.8) is 0 Å². The fraction of sp³-hybridized carbons (Fsp3) is 0.222. The lowest BCUT2D eigenvalue weighted by atomic mass is 10.0. The quantitative estimate of drug-likeness (QED) is 0.544. The van der Waals surface area contributed by atoms with Crippen molar-refractivity contribution in [3.8, 4) is 11.1 Å². The van der Waals surface area contributed by atoms with Gasteiger partial charge in [0.2, 0.25) is 5.91 Å². The smallest absolute Gasteiger partial charge is 0.395 e. The average Bonchev–Trinajstić information content (AvgIpc) is 3.05. The summed E-state index contributed by atoms with van der Waals surface area (Å²) in [5.41, 5.74) is 0.405. The molecule has 29 heavy (non-hydrogen) atoms. The maximum atomic E-state index is 13.3. The predicted molar refractivity (Wildman–Crippen MR) is 106 cm³/mol. The van der Waals surface area contributed by atoms with E-state index >= 15 is 0 Å². The van der Waals surface area contributed by atoms with Crippen LogP contribution in [0.1, 0.15) is 12.5 Å². The molecule has 3 N–H and O–H groups in total. The van der Waals surface area contributed by atoms with Crippen molar-refractivity contribution in [2.75, 3.05) is 18.5 Å². The highest BCUT2D eigenvalue weighted by atomic mass is 32.2. The number of hydrogen-bond acceptors (Lipinski definition) is 5. The molecule has 1 atom stereocenters. The van der Waals surface area contributed by atoms with Crippen LogP contribution in [-0.2, 0) is 22.0 Å². The molecule has 0 radical (unpaired) electrons. The molecule has 1 aromatic heterocycles. The monoisotopic (exact) mass is 443 g/mol. The van der Waals surface area contributed by atoms with Gasteiger partial charge >= 0.3 is 6.18 Å². The molecule has 0 spiro atoms. The summed E-state index contributed by atoms with van der Waals surface area (Å²) in [5, 5.41) is 11.8. The number of amides is 1. The average molecular weight is 443 g/mol. The van der Waals surface area contributed by atoms with Crippen molar-refractivity contribution < 1.29 is 27.3 Å². The standard InChI is InChI=1S/C18H16F3N3O3S2/c1-10(26)23-17-24-15-3-2-11(8-16(15)28-17)12-6-13(18(19,20)21)9-14(7-12)29(27)22-4-5-25/h2-3,6-9,22,25H,4-5H2,1H3,(H,23,24,26). The molecule has 2 aromatic carbocycles. The molecule has 6 nitrogen and oxygen atoms in total. The molecule has 11 heteroatoms. The van der Waals surface area contributed by atoms with Crippen LogP contribution in [0.3, 0.4) is 0 Å². The Bertz CT molecular complexity index is 1080. The third-order valence-corrected chi connectivity index (χ3v) is 5.86. The second-order valence-electron chi connectivity index (χ2n) is 6.01. The van der Waals surface area contributed by atoms with E-state index < -0.39 is 22.7 Å². The first kappa shape index (κ1) is 21.4. The normalized spacial score (nSPS) is 12.9. The van der Waals surface area contributed by atoms with E-state index in [9.17, 15) is 22.2 Å². The minimum atomic E-state index is -4.61. The zero-order valence-electron chi connectivity index (χ0n) is 15.0. The van der Waals surface area contributed by atoms with Crippen LogP contribution in [0.2, 0.25) is 0 Å². The Hall–Kier alpha value is -2.34. The Morgan fingerprint density at radius 3 is 2.62 bits per heavy atom. The van der Waals surface area contributed by atoms with Crippen LogP contribution >= 0.6 is 11.3 Å². The fourth-order valence-corrected chi connectivity index (χ4v) is 4.43. The van der Waals surface area contributed by atoms with Gasteiger partial charge in [-0.15, -0.1) is 0 Å². The largest absolute Gasteiger partial charge is 0.416 e. The second kappa shape index (κ2) is 8.57. The Morgan fingerprint density at radius 2 is 1.97 bits per heavy atom.